The van der Waals surface area contributed by atoms with Gasteiger partial charge in [-0.25, -0.2) is 4.98 Å². The van der Waals surface area contributed by atoms with E-state index < -0.39 is 0 Å². The zero-order valence-electron chi connectivity index (χ0n) is 10.0. The molecule has 0 saturated carbocycles. The number of benzene rings is 1. The van der Waals surface area contributed by atoms with Gasteiger partial charge in [0.15, 0.2) is 10.6 Å². The van der Waals surface area contributed by atoms with Crippen molar-refractivity contribution in [3.63, 3.8) is 0 Å². The molecule has 98 valence electrons. The number of nitrogens with zero attached hydrogens (tertiary/aromatic N) is 3. The van der Waals surface area contributed by atoms with Gasteiger partial charge in [-0.3, -0.25) is 14.3 Å². The molecule has 0 fully saturated rings. The van der Waals surface area contributed by atoms with E-state index in [9.17, 15) is 4.79 Å². The molecular weight excluding hydrogens is 296 g/mol. The van der Waals surface area contributed by atoms with Gasteiger partial charge in [-0.15, -0.1) is 11.3 Å². The fraction of sp³-hybridized carbons (Fsp3) is 0. The number of H-pyrrole nitrogens is 1. The normalized spacial score (nSPS) is 11.4. The molecule has 0 saturated heterocycles. The number of thiazole rings is 1. The second-order valence-electron chi connectivity index (χ2n) is 4.30. The zero-order valence-corrected chi connectivity index (χ0v) is 11.6. The number of nitrogens with one attached hydrogen (secondary N) is 1. The van der Waals surface area contributed by atoms with Crippen LogP contribution in [0.1, 0.15) is 0 Å². The molecule has 3 heterocycles. The molecule has 0 atom stereocenters. The maximum Gasteiger partial charge on any atom is 0.270 e. The van der Waals surface area contributed by atoms with Gasteiger partial charge in [0.2, 0.25) is 0 Å². The SMILES string of the molecule is O=c1c2cn[nH]c2nc2scc(-c3ccc(Cl)cc3)n12. The van der Waals surface area contributed by atoms with E-state index in [-0.39, 0.29) is 5.56 Å². The summed E-state index contributed by atoms with van der Waals surface area (Å²) in [6.45, 7) is 0. The van der Waals surface area contributed by atoms with Crippen LogP contribution in [0.3, 0.4) is 0 Å². The van der Waals surface area contributed by atoms with Crippen LogP contribution in [-0.2, 0) is 0 Å². The maximum absolute atomic E-state index is 12.5. The predicted octanol–water partition coefficient (Wildman–Crippen LogP) is 2.95. The first-order valence-corrected chi connectivity index (χ1v) is 7.09. The van der Waals surface area contributed by atoms with Crippen molar-refractivity contribution in [2.45, 2.75) is 0 Å². The van der Waals surface area contributed by atoms with Crippen molar-refractivity contribution < 1.29 is 0 Å². The first-order valence-electron chi connectivity index (χ1n) is 5.83. The van der Waals surface area contributed by atoms with Crippen LogP contribution in [0, 0.1) is 0 Å². The second-order valence-corrected chi connectivity index (χ2v) is 5.57. The average Bonchev–Trinajstić information content (AvgIpc) is 3.07. The third kappa shape index (κ3) is 1.59. The second kappa shape index (κ2) is 4.16. The number of aromatic nitrogens is 4. The quantitative estimate of drug-likeness (QED) is 0.588. The summed E-state index contributed by atoms with van der Waals surface area (Å²) in [7, 11) is 0. The minimum Gasteiger partial charge on any atom is -0.268 e. The van der Waals surface area contributed by atoms with Crippen molar-refractivity contribution in [3.8, 4) is 11.3 Å². The molecule has 3 aromatic heterocycles. The molecule has 7 heteroatoms. The van der Waals surface area contributed by atoms with Crippen LogP contribution in [0.25, 0.3) is 27.3 Å². The Kier molecular flexibility index (Phi) is 2.42. The van der Waals surface area contributed by atoms with Crippen LogP contribution in [0.4, 0.5) is 0 Å². The van der Waals surface area contributed by atoms with Crippen molar-refractivity contribution in [2.75, 3.05) is 0 Å². The fourth-order valence-corrected chi connectivity index (χ4v) is 3.16. The summed E-state index contributed by atoms with van der Waals surface area (Å²) in [5, 5.41) is 9.65. The van der Waals surface area contributed by atoms with E-state index in [0.29, 0.717) is 21.0 Å². The summed E-state index contributed by atoms with van der Waals surface area (Å²) < 4.78 is 1.60. The highest BCUT2D eigenvalue weighted by Crippen LogP contribution is 2.25. The largest absolute Gasteiger partial charge is 0.270 e. The Morgan fingerprint density at radius 2 is 2.05 bits per heavy atom. The average molecular weight is 303 g/mol. The van der Waals surface area contributed by atoms with Gasteiger partial charge in [-0.05, 0) is 17.7 Å². The number of rotatable bonds is 1. The van der Waals surface area contributed by atoms with Crippen molar-refractivity contribution in [1.82, 2.24) is 19.6 Å². The molecular formula is C13H7ClN4OS. The molecule has 0 bridgehead atoms. The van der Waals surface area contributed by atoms with Crippen molar-refractivity contribution in [3.05, 3.63) is 51.2 Å². The summed E-state index contributed by atoms with van der Waals surface area (Å²) in [5.41, 5.74) is 2.12. The van der Waals surface area contributed by atoms with Gasteiger partial charge in [-0.2, -0.15) is 5.10 Å². The minimum atomic E-state index is -0.120. The lowest BCUT2D eigenvalue weighted by Crippen LogP contribution is -2.13. The summed E-state index contributed by atoms with van der Waals surface area (Å²) in [5.74, 6) is 0. The first kappa shape index (κ1) is 11.6. The standard InChI is InChI=1S/C13H7ClN4OS/c14-8-3-1-7(2-4-8)10-6-20-13-16-11-9(5-15-17-11)12(19)18(10)13/h1-6H,(H,15,17). The molecule has 4 aromatic rings. The highest BCUT2D eigenvalue weighted by Gasteiger charge is 2.13. The third-order valence-corrected chi connectivity index (χ3v) is 4.19. The number of aromatic amines is 1. The number of hydrogen-bond acceptors (Lipinski definition) is 4. The first-order chi connectivity index (χ1) is 9.74. The van der Waals surface area contributed by atoms with E-state index >= 15 is 0 Å². The van der Waals surface area contributed by atoms with Crippen LogP contribution >= 0.6 is 22.9 Å². The molecule has 1 aromatic carbocycles. The van der Waals surface area contributed by atoms with Crippen LogP contribution < -0.4 is 5.56 Å². The molecule has 0 radical (unpaired) electrons. The van der Waals surface area contributed by atoms with Crippen molar-refractivity contribution >= 4 is 38.9 Å². The molecule has 4 rings (SSSR count). The van der Waals surface area contributed by atoms with Crippen molar-refractivity contribution in [1.29, 1.82) is 0 Å². The van der Waals surface area contributed by atoms with Crippen LogP contribution in [-0.4, -0.2) is 19.6 Å². The highest BCUT2D eigenvalue weighted by atomic mass is 35.5. The topological polar surface area (TPSA) is 63.0 Å². The van der Waals surface area contributed by atoms with Crippen molar-refractivity contribution in [2.24, 2.45) is 0 Å². The van der Waals surface area contributed by atoms with E-state index in [4.69, 9.17) is 11.6 Å². The summed E-state index contributed by atoms with van der Waals surface area (Å²) in [6, 6.07) is 7.37. The molecule has 20 heavy (non-hydrogen) atoms. The molecule has 0 aliphatic heterocycles. The smallest absolute Gasteiger partial charge is 0.268 e. The predicted molar refractivity (Wildman–Crippen MR) is 79.4 cm³/mol. The number of halogens is 1. The molecule has 0 spiro atoms. The van der Waals surface area contributed by atoms with Gasteiger partial charge < -0.3 is 0 Å². The van der Waals surface area contributed by atoms with E-state index in [1.807, 2.05) is 17.5 Å². The monoisotopic (exact) mass is 302 g/mol. The van der Waals surface area contributed by atoms with Crippen LogP contribution in [0.2, 0.25) is 5.02 Å². The number of hydrogen-bond donors (Lipinski definition) is 1. The molecule has 5 nitrogen and oxygen atoms in total. The van der Waals surface area contributed by atoms with Gasteiger partial charge in [-0.1, -0.05) is 23.7 Å². The minimum absolute atomic E-state index is 0.120. The van der Waals surface area contributed by atoms with E-state index in [0.717, 1.165) is 11.3 Å². The Morgan fingerprint density at radius 3 is 2.85 bits per heavy atom. The number of fused-ring (bicyclic) bond motifs is 2. The van der Waals surface area contributed by atoms with Gasteiger partial charge in [0, 0.05) is 10.4 Å². The lowest BCUT2D eigenvalue weighted by atomic mass is 10.2. The summed E-state index contributed by atoms with van der Waals surface area (Å²) in [4.78, 5) is 17.6. The third-order valence-electron chi connectivity index (χ3n) is 3.11. The molecule has 1 N–H and O–H groups in total. The lowest BCUT2D eigenvalue weighted by Gasteiger charge is -2.01. The van der Waals surface area contributed by atoms with Gasteiger partial charge >= 0.3 is 0 Å². The van der Waals surface area contributed by atoms with Gasteiger partial charge in [0.1, 0.15) is 5.39 Å². The maximum atomic E-state index is 12.5. The fourth-order valence-electron chi connectivity index (χ4n) is 2.14. The Morgan fingerprint density at radius 1 is 1.25 bits per heavy atom. The molecule has 0 aliphatic carbocycles. The zero-order chi connectivity index (χ0) is 13.7. The Balaban J connectivity index is 2.10. The van der Waals surface area contributed by atoms with Crippen LogP contribution in [0.5, 0.6) is 0 Å². The van der Waals surface area contributed by atoms with E-state index in [1.165, 1.54) is 17.5 Å². The molecule has 0 unspecified atom stereocenters. The molecule has 0 amide bonds. The Bertz CT molecular complexity index is 983. The van der Waals surface area contributed by atoms with Crippen LogP contribution in [0.15, 0.2) is 40.6 Å². The van der Waals surface area contributed by atoms with Gasteiger partial charge in [0.25, 0.3) is 5.56 Å². The summed E-state index contributed by atoms with van der Waals surface area (Å²) >= 11 is 7.31. The van der Waals surface area contributed by atoms with Gasteiger partial charge in [0.05, 0.1) is 11.9 Å². The van der Waals surface area contributed by atoms with E-state index in [1.54, 1.807) is 16.5 Å². The highest BCUT2D eigenvalue weighted by molar-refractivity contribution is 7.15. The Hall–Kier alpha value is -2.18. The summed E-state index contributed by atoms with van der Waals surface area (Å²) in [6.07, 6.45) is 1.50. The Labute approximate surface area is 121 Å². The van der Waals surface area contributed by atoms with E-state index in [2.05, 4.69) is 15.2 Å². The molecule has 0 aliphatic rings. The lowest BCUT2D eigenvalue weighted by molar-refractivity contribution is 1.09.